The summed E-state index contributed by atoms with van der Waals surface area (Å²) in [6, 6.07) is 6.22. The lowest BCUT2D eigenvalue weighted by atomic mass is 10.0. The molecule has 2 heterocycles. The second kappa shape index (κ2) is 10.8. The molecule has 7 nitrogen and oxygen atoms in total. The molecule has 2 amide bonds. The molecule has 2 rings (SSSR count). The van der Waals surface area contributed by atoms with E-state index < -0.39 is 0 Å². The number of nitrogens with zero attached hydrogens (tertiary/aromatic N) is 3. The molecule has 0 saturated carbocycles. The van der Waals surface area contributed by atoms with Gasteiger partial charge in [-0.3, -0.25) is 9.78 Å². The van der Waals surface area contributed by atoms with E-state index in [1.54, 1.807) is 6.92 Å². The summed E-state index contributed by atoms with van der Waals surface area (Å²) >= 11 is 0. The maximum absolute atomic E-state index is 12.3. The first-order chi connectivity index (χ1) is 12.6. The number of aromatic nitrogens is 1. The lowest BCUT2D eigenvalue weighted by Gasteiger charge is -2.37. The van der Waals surface area contributed by atoms with Crippen LogP contribution in [0, 0.1) is 0 Å². The topological polar surface area (TPSA) is 74.8 Å². The van der Waals surface area contributed by atoms with Gasteiger partial charge in [0.05, 0.1) is 13.0 Å². The third-order valence-corrected chi connectivity index (χ3v) is 4.66. The first-order valence-corrected chi connectivity index (χ1v) is 9.38. The number of likely N-dealkylation sites (tertiary alicyclic amines) is 1. The lowest BCUT2D eigenvalue weighted by Crippen LogP contribution is -2.52. The monoisotopic (exact) mass is 362 g/mol. The van der Waals surface area contributed by atoms with Crippen molar-refractivity contribution in [2.24, 2.45) is 0 Å². The van der Waals surface area contributed by atoms with Crippen LogP contribution in [0.3, 0.4) is 0 Å². The van der Waals surface area contributed by atoms with Gasteiger partial charge in [-0.1, -0.05) is 6.07 Å². The molecular weight excluding hydrogens is 332 g/mol. The van der Waals surface area contributed by atoms with Gasteiger partial charge in [-0.05, 0) is 38.9 Å². The number of likely N-dealkylation sites (N-methyl/N-ethyl adjacent to an activating group) is 1. The summed E-state index contributed by atoms with van der Waals surface area (Å²) < 4.78 is 4.87. The van der Waals surface area contributed by atoms with E-state index in [9.17, 15) is 9.59 Å². The molecule has 144 valence electrons. The second-order valence-corrected chi connectivity index (χ2v) is 6.58. The third kappa shape index (κ3) is 6.63. The van der Waals surface area contributed by atoms with Crippen molar-refractivity contribution in [2.75, 3.05) is 39.8 Å². The van der Waals surface area contributed by atoms with Gasteiger partial charge in [0.15, 0.2) is 0 Å². The van der Waals surface area contributed by atoms with Crippen LogP contribution in [0.2, 0.25) is 0 Å². The summed E-state index contributed by atoms with van der Waals surface area (Å²) in [7, 11) is 2.11. The van der Waals surface area contributed by atoms with E-state index in [0.717, 1.165) is 38.0 Å². The zero-order valence-electron chi connectivity index (χ0n) is 15.8. The number of carbonyl (C=O) groups excluding carboxylic acids is 2. The smallest absolute Gasteiger partial charge is 0.317 e. The third-order valence-electron chi connectivity index (χ3n) is 4.66. The summed E-state index contributed by atoms with van der Waals surface area (Å²) in [5.74, 6) is -0.279. The number of hydrogen-bond acceptors (Lipinski definition) is 5. The summed E-state index contributed by atoms with van der Waals surface area (Å²) in [6.07, 6.45) is 5.01. The highest BCUT2D eigenvalue weighted by molar-refractivity contribution is 5.75. The van der Waals surface area contributed by atoms with E-state index in [1.807, 2.05) is 29.3 Å². The van der Waals surface area contributed by atoms with Crippen molar-refractivity contribution >= 4 is 12.0 Å². The SMILES string of the molecule is CCOC(=O)CCNC(=O)N1CCCC(N(C)CCc2ccccn2)C1. The van der Waals surface area contributed by atoms with Crippen LogP contribution in [0.25, 0.3) is 0 Å². The number of nitrogens with one attached hydrogen (secondary N) is 1. The van der Waals surface area contributed by atoms with Gasteiger partial charge in [-0.25, -0.2) is 4.79 Å². The quantitative estimate of drug-likeness (QED) is 0.712. The molecule has 1 aliphatic heterocycles. The highest BCUT2D eigenvalue weighted by atomic mass is 16.5. The van der Waals surface area contributed by atoms with Gasteiger partial charge in [-0.15, -0.1) is 0 Å². The van der Waals surface area contributed by atoms with Crippen LogP contribution in [-0.2, 0) is 16.0 Å². The molecule has 0 spiro atoms. The fourth-order valence-electron chi connectivity index (χ4n) is 3.13. The number of pyridine rings is 1. The fraction of sp³-hybridized carbons (Fsp3) is 0.632. The minimum absolute atomic E-state index is 0.0999. The van der Waals surface area contributed by atoms with Gasteiger partial charge in [0.25, 0.3) is 0 Å². The van der Waals surface area contributed by atoms with E-state index in [2.05, 4.69) is 22.2 Å². The first kappa shape index (κ1) is 20.2. The average Bonchev–Trinajstić information content (AvgIpc) is 2.67. The normalized spacial score (nSPS) is 17.2. The van der Waals surface area contributed by atoms with Gasteiger partial charge >= 0.3 is 12.0 Å². The first-order valence-electron chi connectivity index (χ1n) is 9.38. The molecule has 1 fully saturated rings. The Bertz CT molecular complexity index is 567. The molecule has 1 aliphatic rings. The zero-order valence-corrected chi connectivity index (χ0v) is 15.8. The molecule has 0 aliphatic carbocycles. The summed E-state index contributed by atoms with van der Waals surface area (Å²) in [5, 5.41) is 2.82. The van der Waals surface area contributed by atoms with Crippen LogP contribution >= 0.6 is 0 Å². The molecule has 1 unspecified atom stereocenters. The average molecular weight is 362 g/mol. The predicted octanol–water partition coefficient (Wildman–Crippen LogP) is 1.68. The lowest BCUT2D eigenvalue weighted by molar-refractivity contribution is -0.142. The maximum atomic E-state index is 12.3. The Morgan fingerprint density at radius 1 is 1.42 bits per heavy atom. The Balaban J connectivity index is 1.73. The molecule has 1 saturated heterocycles. The minimum Gasteiger partial charge on any atom is -0.466 e. The van der Waals surface area contributed by atoms with Crippen molar-refractivity contribution in [3.63, 3.8) is 0 Å². The van der Waals surface area contributed by atoms with Gasteiger partial charge < -0.3 is 19.9 Å². The summed E-state index contributed by atoms with van der Waals surface area (Å²) in [4.78, 5) is 32.2. The van der Waals surface area contributed by atoms with E-state index in [-0.39, 0.29) is 18.4 Å². The summed E-state index contributed by atoms with van der Waals surface area (Å²) in [5.41, 5.74) is 1.09. The molecule has 1 atom stereocenters. The molecule has 1 aromatic rings. The number of piperidine rings is 1. The van der Waals surface area contributed by atoms with Crippen molar-refractivity contribution in [3.8, 4) is 0 Å². The van der Waals surface area contributed by atoms with Crippen LogP contribution in [0.4, 0.5) is 4.79 Å². The predicted molar refractivity (Wildman–Crippen MR) is 99.8 cm³/mol. The molecule has 0 radical (unpaired) electrons. The molecule has 1 aromatic heterocycles. The molecule has 7 heteroatoms. The van der Waals surface area contributed by atoms with Crippen molar-refractivity contribution < 1.29 is 14.3 Å². The van der Waals surface area contributed by atoms with Crippen molar-refractivity contribution in [2.45, 2.75) is 38.6 Å². The Morgan fingerprint density at radius 3 is 3.00 bits per heavy atom. The Morgan fingerprint density at radius 2 is 2.27 bits per heavy atom. The van der Waals surface area contributed by atoms with Gasteiger partial charge in [0.2, 0.25) is 0 Å². The maximum Gasteiger partial charge on any atom is 0.317 e. The van der Waals surface area contributed by atoms with Crippen LogP contribution in [0.15, 0.2) is 24.4 Å². The van der Waals surface area contributed by atoms with Gasteiger partial charge in [0.1, 0.15) is 0 Å². The molecule has 0 bridgehead atoms. The number of ether oxygens (including phenoxy) is 1. The molecule has 1 N–H and O–H groups in total. The van der Waals surface area contributed by atoms with Gasteiger partial charge in [-0.2, -0.15) is 0 Å². The molecular formula is C19H30N4O3. The van der Waals surface area contributed by atoms with E-state index in [0.29, 0.717) is 25.7 Å². The van der Waals surface area contributed by atoms with Crippen molar-refractivity contribution in [3.05, 3.63) is 30.1 Å². The highest BCUT2D eigenvalue weighted by Gasteiger charge is 2.26. The molecule has 26 heavy (non-hydrogen) atoms. The van der Waals surface area contributed by atoms with Crippen molar-refractivity contribution in [1.82, 2.24) is 20.1 Å². The number of amides is 2. The largest absolute Gasteiger partial charge is 0.466 e. The van der Waals surface area contributed by atoms with E-state index in [1.165, 1.54) is 0 Å². The van der Waals surface area contributed by atoms with E-state index >= 15 is 0 Å². The molecule has 0 aromatic carbocycles. The van der Waals surface area contributed by atoms with Crippen molar-refractivity contribution in [1.29, 1.82) is 0 Å². The number of hydrogen-bond donors (Lipinski definition) is 1. The minimum atomic E-state index is -0.279. The Kier molecular flexibility index (Phi) is 8.34. The summed E-state index contributed by atoms with van der Waals surface area (Å²) in [6.45, 7) is 4.84. The number of urea groups is 1. The Hall–Kier alpha value is -2.15. The fourth-order valence-corrected chi connectivity index (χ4v) is 3.13. The van der Waals surface area contributed by atoms with Crippen LogP contribution in [0.1, 0.15) is 31.9 Å². The zero-order chi connectivity index (χ0) is 18.8. The van der Waals surface area contributed by atoms with E-state index in [4.69, 9.17) is 4.74 Å². The number of esters is 1. The van der Waals surface area contributed by atoms with Gasteiger partial charge in [0, 0.05) is 50.5 Å². The van der Waals surface area contributed by atoms with Crippen LogP contribution < -0.4 is 5.32 Å². The van der Waals surface area contributed by atoms with Crippen LogP contribution in [0.5, 0.6) is 0 Å². The second-order valence-electron chi connectivity index (χ2n) is 6.58. The number of carbonyl (C=O) groups is 2. The Labute approximate surface area is 155 Å². The van der Waals surface area contributed by atoms with Crippen LogP contribution in [-0.4, -0.2) is 72.7 Å². The standard InChI is InChI=1S/C19H30N4O3/c1-3-26-18(24)9-12-21-19(25)23-13-6-8-17(15-23)22(2)14-10-16-7-4-5-11-20-16/h4-5,7,11,17H,3,6,8-10,12-15H2,1-2H3,(H,21,25). The number of rotatable bonds is 8. The highest BCUT2D eigenvalue weighted by Crippen LogP contribution is 2.15.